The molecule has 0 amide bonds. The molecule has 1 saturated heterocycles. The second-order valence-corrected chi connectivity index (χ2v) is 13.3. The number of nitrogens with zero attached hydrogens (tertiary/aromatic N) is 8. The molecule has 272 valence electrons. The van der Waals surface area contributed by atoms with Crippen LogP contribution in [-0.4, -0.2) is 98.3 Å². The minimum atomic E-state index is -4.67. The molecule has 7 rings (SSSR count). The number of tetrazole rings is 1. The number of nitrogens with two attached hydrogens (primary N) is 1. The minimum Gasteiger partial charge on any atom is -0.387 e. The smallest absolute Gasteiger partial charge is 0.387 e. The lowest BCUT2D eigenvalue weighted by atomic mass is 9.91. The molecule has 0 spiro atoms. The first kappa shape index (κ1) is 36.2. The molecule has 0 bridgehead atoms. The summed E-state index contributed by atoms with van der Waals surface area (Å²) < 4.78 is 39.4. The van der Waals surface area contributed by atoms with Gasteiger partial charge in [-0.2, -0.15) is 23.2 Å². The van der Waals surface area contributed by atoms with E-state index in [1.54, 1.807) is 10.9 Å². The zero-order chi connectivity index (χ0) is 36.1. The molecular weight excluding hydrogens is 682 g/mol. The Bertz CT molecular complexity index is 1940. The average Bonchev–Trinajstić information content (AvgIpc) is 3.84. The van der Waals surface area contributed by atoms with E-state index < -0.39 is 34.9 Å². The SMILES string of the molecule is CCn1nnc([C@H]2O[C@@H](n3cnc4c(NCC(c5ccccc5)c5ccccc5)nc(N[C@H]5CC[C@H](N)CC5)nc43)[C@H](O)[C@@H]2O)n1.O=S(=O)(O)O. The molecule has 5 aromatic rings. The number of nitrogens with one attached hydrogen (secondary N) is 2. The van der Waals surface area contributed by atoms with Crippen LogP contribution in [0.3, 0.4) is 0 Å². The lowest BCUT2D eigenvalue weighted by Crippen LogP contribution is -2.33. The molecule has 3 aromatic heterocycles. The van der Waals surface area contributed by atoms with E-state index in [-0.39, 0.29) is 23.8 Å². The Morgan fingerprint density at radius 1 is 0.961 bits per heavy atom. The molecule has 19 heteroatoms. The number of hydrogen-bond donors (Lipinski definition) is 7. The molecule has 8 N–H and O–H groups in total. The summed E-state index contributed by atoms with van der Waals surface area (Å²) in [5.74, 6) is 1.23. The van der Waals surface area contributed by atoms with Crippen LogP contribution < -0.4 is 16.4 Å². The molecular formula is C32H41N11O7S. The van der Waals surface area contributed by atoms with E-state index in [0.717, 1.165) is 25.7 Å². The van der Waals surface area contributed by atoms with Crippen molar-refractivity contribution >= 4 is 33.3 Å². The fraction of sp³-hybridized carbons (Fsp3) is 0.438. The Morgan fingerprint density at radius 3 is 2.18 bits per heavy atom. The molecule has 0 unspecified atom stereocenters. The Kier molecular flexibility index (Phi) is 11.2. The number of aryl methyl sites for hydroxylation is 1. The van der Waals surface area contributed by atoms with Gasteiger partial charge >= 0.3 is 10.4 Å². The maximum Gasteiger partial charge on any atom is 0.394 e. The van der Waals surface area contributed by atoms with Gasteiger partial charge in [0.05, 0.1) is 12.9 Å². The molecule has 2 aliphatic rings. The molecule has 1 aliphatic carbocycles. The van der Waals surface area contributed by atoms with Crippen LogP contribution in [0.25, 0.3) is 11.2 Å². The number of ether oxygens (including phenoxy) is 1. The van der Waals surface area contributed by atoms with E-state index in [1.807, 2.05) is 43.3 Å². The van der Waals surface area contributed by atoms with Gasteiger partial charge in [0.1, 0.15) is 12.2 Å². The normalized spacial score (nSPS) is 23.6. The summed E-state index contributed by atoms with van der Waals surface area (Å²) in [5, 5.41) is 41.5. The first-order valence-corrected chi connectivity index (χ1v) is 18.0. The summed E-state index contributed by atoms with van der Waals surface area (Å²) >= 11 is 0. The van der Waals surface area contributed by atoms with Crippen molar-refractivity contribution in [3.05, 3.63) is 83.9 Å². The van der Waals surface area contributed by atoms with Gasteiger partial charge in [0.15, 0.2) is 29.3 Å². The third-order valence-corrected chi connectivity index (χ3v) is 8.92. The van der Waals surface area contributed by atoms with Gasteiger partial charge in [-0.15, -0.1) is 10.2 Å². The third kappa shape index (κ3) is 8.82. The molecule has 1 saturated carbocycles. The third-order valence-electron chi connectivity index (χ3n) is 8.92. The topological polar surface area (TPSA) is 262 Å². The van der Waals surface area contributed by atoms with E-state index in [4.69, 9.17) is 38.0 Å². The highest BCUT2D eigenvalue weighted by Gasteiger charge is 2.47. The van der Waals surface area contributed by atoms with E-state index in [0.29, 0.717) is 36.0 Å². The van der Waals surface area contributed by atoms with Crippen molar-refractivity contribution in [1.82, 2.24) is 39.7 Å². The first-order valence-electron chi connectivity index (χ1n) is 16.6. The predicted molar refractivity (Wildman–Crippen MR) is 185 cm³/mol. The highest BCUT2D eigenvalue weighted by molar-refractivity contribution is 7.79. The molecule has 0 radical (unpaired) electrons. The van der Waals surface area contributed by atoms with Crippen molar-refractivity contribution < 1.29 is 32.5 Å². The Hall–Kier alpha value is -4.63. The van der Waals surface area contributed by atoms with Crippen molar-refractivity contribution in [2.24, 2.45) is 5.73 Å². The average molecular weight is 724 g/mol. The van der Waals surface area contributed by atoms with E-state index in [1.165, 1.54) is 15.9 Å². The number of aliphatic hydroxyl groups excluding tert-OH is 2. The van der Waals surface area contributed by atoms with Crippen LogP contribution in [0.2, 0.25) is 0 Å². The summed E-state index contributed by atoms with van der Waals surface area (Å²) in [5.41, 5.74) is 9.47. The van der Waals surface area contributed by atoms with Crippen LogP contribution in [0.1, 0.15) is 67.8 Å². The van der Waals surface area contributed by atoms with Crippen LogP contribution in [0.5, 0.6) is 0 Å². The molecule has 4 heterocycles. The highest BCUT2D eigenvalue weighted by Crippen LogP contribution is 2.39. The highest BCUT2D eigenvalue weighted by atomic mass is 32.3. The maximum absolute atomic E-state index is 11.1. The number of benzene rings is 2. The second-order valence-electron chi connectivity index (χ2n) is 12.4. The Balaban J connectivity index is 0.000000839. The fourth-order valence-corrected chi connectivity index (χ4v) is 6.34. The second kappa shape index (κ2) is 15.7. The molecule has 4 atom stereocenters. The zero-order valence-electron chi connectivity index (χ0n) is 27.7. The van der Waals surface area contributed by atoms with Gasteiger partial charge in [-0.3, -0.25) is 13.7 Å². The summed E-state index contributed by atoms with van der Waals surface area (Å²) in [7, 11) is -4.67. The van der Waals surface area contributed by atoms with Gasteiger partial charge in [0.2, 0.25) is 11.8 Å². The van der Waals surface area contributed by atoms with Crippen LogP contribution in [0.15, 0.2) is 67.0 Å². The maximum atomic E-state index is 11.1. The van der Waals surface area contributed by atoms with Crippen molar-refractivity contribution in [2.45, 2.75) is 81.7 Å². The van der Waals surface area contributed by atoms with E-state index in [2.05, 4.69) is 55.3 Å². The summed E-state index contributed by atoms with van der Waals surface area (Å²) in [6, 6.07) is 21.1. The van der Waals surface area contributed by atoms with Crippen molar-refractivity contribution in [1.29, 1.82) is 0 Å². The van der Waals surface area contributed by atoms with Gasteiger partial charge in [0, 0.05) is 24.5 Å². The summed E-state index contributed by atoms with van der Waals surface area (Å²) in [6.07, 6.45) is 0.697. The Labute approximate surface area is 293 Å². The zero-order valence-corrected chi connectivity index (χ0v) is 28.5. The number of aromatic nitrogens is 8. The lowest BCUT2D eigenvalue weighted by Gasteiger charge is -2.27. The molecule has 18 nitrogen and oxygen atoms in total. The van der Waals surface area contributed by atoms with Crippen LogP contribution >= 0.6 is 0 Å². The molecule has 2 fully saturated rings. The minimum absolute atomic E-state index is 0.0469. The molecule has 51 heavy (non-hydrogen) atoms. The Morgan fingerprint density at radius 2 is 1.59 bits per heavy atom. The largest absolute Gasteiger partial charge is 0.394 e. The number of fused-ring (bicyclic) bond motifs is 1. The van der Waals surface area contributed by atoms with Gasteiger partial charge in [-0.25, -0.2) is 4.98 Å². The lowest BCUT2D eigenvalue weighted by molar-refractivity contribution is -0.0384. The van der Waals surface area contributed by atoms with Crippen LogP contribution in [-0.2, 0) is 21.7 Å². The number of rotatable bonds is 10. The number of aliphatic hydroxyl groups is 2. The van der Waals surface area contributed by atoms with E-state index in [9.17, 15) is 10.2 Å². The van der Waals surface area contributed by atoms with Crippen molar-refractivity contribution in [2.75, 3.05) is 17.2 Å². The summed E-state index contributed by atoms with van der Waals surface area (Å²) in [4.78, 5) is 15.8. The van der Waals surface area contributed by atoms with Crippen molar-refractivity contribution in [3.8, 4) is 0 Å². The van der Waals surface area contributed by atoms with Crippen molar-refractivity contribution in [3.63, 3.8) is 0 Å². The van der Waals surface area contributed by atoms with Gasteiger partial charge in [-0.05, 0) is 48.9 Å². The standard InChI is InChI=1S/C32H39N11O3.H2O4S/c1-2-43-40-29(39-41-43)27-25(44)26(45)31(46-27)42-18-35-24-28(37-32(38-30(24)42)36-22-15-13-21(33)14-16-22)34-17-23(19-9-5-3-6-10-19)20-11-7-4-8-12-20;1-5(2,3)4/h3-12,18,21-23,25-27,31,44-45H,2,13-17,33H2,1H3,(H2,34,36,37,38);(H2,1,2,3,4)/t21-,22-,25-,26+,27-,31+;/m0./s1. The van der Waals surface area contributed by atoms with Crippen LogP contribution in [0, 0.1) is 0 Å². The number of anilines is 2. The molecule has 2 aromatic carbocycles. The first-order chi connectivity index (χ1) is 24.5. The number of hydrogen-bond acceptors (Lipinski definition) is 14. The monoisotopic (exact) mass is 723 g/mol. The van der Waals surface area contributed by atoms with Crippen LogP contribution in [0.4, 0.5) is 11.8 Å². The quantitative estimate of drug-likeness (QED) is 0.102. The molecule has 1 aliphatic heterocycles. The fourth-order valence-electron chi connectivity index (χ4n) is 6.34. The number of imidazole rings is 1. The van der Waals surface area contributed by atoms with Gasteiger partial charge < -0.3 is 31.3 Å². The van der Waals surface area contributed by atoms with E-state index >= 15 is 0 Å². The summed E-state index contributed by atoms with van der Waals surface area (Å²) in [6.45, 7) is 2.94. The predicted octanol–water partition coefficient (Wildman–Crippen LogP) is 2.10. The van der Waals surface area contributed by atoms with Gasteiger partial charge in [0.25, 0.3) is 0 Å². The van der Waals surface area contributed by atoms with Gasteiger partial charge in [-0.1, -0.05) is 60.7 Å².